The topological polar surface area (TPSA) is 56.3 Å². The third kappa shape index (κ3) is 3.15. The molecule has 19 heavy (non-hydrogen) atoms. The zero-order valence-electron chi connectivity index (χ0n) is 12.1. The van der Waals surface area contributed by atoms with Gasteiger partial charge in [-0.15, -0.1) is 0 Å². The van der Waals surface area contributed by atoms with Crippen LogP contribution in [0.15, 0.2) is 6.20 Å². The molecule has 0 aromatic carbocycles. The lowest BCUT2D eigenvalue weighted by molar-refractivity contribution is 0.314. The molecule has 1 fully saturated rings. The second-order valence-corrected chi connectivity index (χ2v) is 5.04. The molecule has 0 amide bonds. The van der Waals surface area contributed by atoms with Crippen LogP contribution in [0, 0.1) is 11.8 Å². The molecule has 2 unspecified atom stereocenters. The fourth-order valence-corrected chi connectivity index (χ4v) is 2.47. The fraction of sp³-hybridized carbons (Fsp3) is 0.714. The van der Waals surface area contributed by atoms with Crippen molar-refractivity contribution in [3.05, 3.63) is 11.9 Å². The number of hydrogen-bond donors (Lipinski definition) is 1. The molecule has 0 spiro atoms. The third-order valence-electron chi connectivity index (χ3n) is 3.76. The Morgan fingerprint density at radius 1 is 1.37 bits per heavy atom. The Kier molecular flexibility index (Phi) is 4.58. The highest BCUT2D eigenvalue weighted by Crippen LogP contribution is 2.43. The zero-order chi connectivity index (χ0) is 13.8. The summed E-state index contributed by atoms with van der Waals surface area (Å²) in [6.45, 7) is 5.28. The predicted octanol–water partition coefficient (Wildman–Crippen LogP) is 2.19. The van der Waals surface area contributed by atoms with Crippen LogP contribution < -0.4 is 14.8 Å². The van der Waals surface area contributed by atoms with Crippen molar-refractivity contribution in [1.29, 1.82) is 0 Å². The van der Waals surface area contributed by atoms with E-state index in [2.05, 4.69) is 29.1 Å². The highest BCUT2D eigenvalue weighted by molar-refractivity contribution is 5.26. The number of nitrogens with one attached hydrogen (secondary N) is 1. The summed E-state index contributed by atoms with van der Waals surface area (Å²) in [5.74, 6) is 2.36. The van der Waals surface area contributed by atoms with Gasteiger partial charge in [-0.05, 0) is 31.2 Å². The van der Waals surface area contributed by atoms with Gasteiger partial charge in [0, 0.05) is 0 Å². The van der Waals surface area contributed by atoms with E-state index in [4.69, 9.17) is 9.47 Å². The Balaban J connectivity index is 2.28. The standard InChI is InChI=1S/C14H23N3O2/c1-5-15-12(9(2)10-6-7-10)13-14(19-4)17-11(18-3)8-16-13/h8-10,12,15H,5-7H2,1-4H3. The summed E-state index contributed by atoms with van der Waals surface area (Å²) >= 11 is 0. The molecule has 5 heteroatoms. The summed E-state index contributed by atoms with van der Waals surface area (Å²) in [6, 6.07) is 0.186. The highest BCUT2D eigenvalue weighted by atomic mass is 16.5. The van der Waals surface area contributed by atoms with Crippen molar-refractivity contribution in [2.24, 2.45) is 11.8 Å². The molecule has 1 heterocycles. The van der Waals surface area contributed by atoms with Gasteiger partial charge >= 0.3 is 0 Å². The van der Waals surface area contributed by atoms with Gasteiger partial charge in [-0.2, -0.15) is 4.98 Å². The molecule has 0 bridgehead atoms. The summed E-state index contributed by atoms with van der Waals surface area (Å²) in [4.78, 5) is 8.82. The van der Waals surface area contributed by atoms with Crippen LogP contribution in [-0.2, 0) is 0 Å². The molecular formula is C14H23N3O2. The molecule has 2 rings (SSSR count). The summed E-state index contributed by atoms with van der Waals surface area (Å²) in [5, 5.41) is 3.51. The first-order valence-electron chi connectivity index (χ1n) is 6.89. The molecule has 1 aromatic heterocycles. The van der Waals surface area contributed by atoms with Crippen molar-refractivity contribution in [2.45, 2.75) is 32.7 Å². The Bertz CT molecular complexity index is 421. The molecule has 1 aliphatic carbocycles. The Labute approximate surface area is 114 Å². The van der Waals surface area contributed by atoms with Crippen LogP contribution in [0.3, 0.4) is 0 Å². The van der Waals surface area contributed by atoms with Crippen LogP contribution >= 0.6 is 0 Å². The van der Waals surface area contributed by atoms with Crippen LogP contribution in [0.25, 0.3) is 0 Å². The van der Waals surface area contributed by atoms with Crippen molar-refractivity contribution >= 4 is 0 Å². The van der Waals surface area contributed by atoms with Gasteiger partial charge in [0.05, 0.1) is 26.5 Å². The maximum absolute atomic E-state index is 5.37. The van der Waals surface area contributed by atoms with Gasteiger partial charge < -0.3 is 14.8 Å². The Morgan fingerprint density at radius 2 is 2.11 bits per heavy atom. The number of aromatic nitrogens is 2. The summed E-state index contributed by atoms with van der Waals surface area (Å²) in [6.07, 6.45) is 4.28. The Hall–Kier alpha value is -1.36. The molecule has 1 aromatic rings. The number of ether oxygens (including phenoxy) is 2. The minimum absolute atomic E-state index is 0.186. The van der Waals surface area contributed by atoms with Gasteiger partial charge in [0.2, 0.25) is 11.8 Å². The normalized spacial score (nSPS) is 17.9. The van der Waals surface area contributed by atoms with Gasteiger partial charge in [0.15, 0.2) is 0 Å². The van der Waals surface area contributed by atoms with Crippen molar-refractivity contribution in [3.63, 3.8) is 0 Å². The van der Waals surface area contributed by atoms with Crippen LogP contribution in [-0.4, -0.2) is 30.7 Å². The van der Waals surface area contributed by atoms with E-state index in [1.807, 2.05) is 0 Å². The van der Waals surface area contributed by atoms with Crippen molar-refractivity contribution < 1.29 is 9.47 Å². The van der Waals surface area contributed by atoms with Gasteiger partial charge in [0.25, 0.3) is 0 Å². The van der Waals surface area contributed by atoms with Gasteiger partial charge in [-0.25, -0.2) is 4.98 Å². The second kappa shape index (κ2) is 6.19. The van der Waals surface area contributed by atoms with E-state index in [1.165, 1.54) is 12.8 Å². The number of nitrogens with zero attached hydrogens (tertiary/aromatic N) is 2. The smallest absolute Gasteiger partial charge is 0.240 e. The molecule has 106 valence electrons. The largest absolute Gasteiger partial charge is 0.480 e. The first-order chi connectivity index (χ1) is 9.21. The molecule has 1 N–H and O–H groups in total. The van der Waals surface area contributed by atoms with Crippen LogP contribution in [0.4, 0.5) is 0 Å². The third-order valence-corrected chi connectivity index (χ3v) is 3.76. The van der Waals surface area contributed by atoms with Crippen LogP contribution in [0.5, 0.6) is 11.8 Å². The summed E-state index contributed by atoms with van der Waals surface area (Å²) in [5.41, 5.74) is 0.879. The lowest BCUT2D eigenvalue weighted by atomic mass is 9.94. The number of rotatable bonds is 7. The monoisotopic (exact) mass is 265 g/mol. The number of hydrogen-bond acceptors (Lipinski definition) is 5. The average molecular weight is 265 g/mol. The Morgan fingerprint density at radius 3 is 2.63 bits per heavy atom. The van der Waals surface area contributed by atoms with Gasteiger partial charge in [0.1, 0.15) is 5.69 Å². The van der Waals surface area contributed by atoms with E-state index in [-0.39, 0.29) is 6.04 Å². The molecular weight excluding hydrogens is 242 g/mol. The van der Waals surface area contributed by atoms with E-state index < -0.39 is 0 Å². The molecule has 1 aliphatic rings. The summed E-state index contributed by atoms with van der Waals surface area (Å²) in [7, 11) is 3.20. The molecule has 2 atom stereocenters. The van der Waals surface area contributed by atoms with E-state index >= 15 is 0 Å². The minimum atomic E-state index is 0.186. The van der Waals surface area contributed by atoms with E-state index in [9.17, 15) is 0 Å². The lowest BCUT2D eigenvalue weighted by Crippen LogP contribution is -2.29. The van der Waals surface area contributed by atoms with Gasteiger partial charge in [-0.1, -0.05) is 13.8 Å². The van der Waals surface area contributed by atoms with Crippen molar-refractivity contribution in [2.75, 3.05) is 20.8 Å². The minimum Gasteiger partial charge on any atom is -0.480 e. The quantitative estimate of drug-likeness (QED) is 0.819. The average Bonchev–Trinajstić information content (AvgIpc) is 3.28. The molecule has 5 nitrogen and oxygen atoms in total. The maximum atomic E-state index is 5.37. The van der Waals surface area contributed by atoms with E-state index in [0.717, 1.165) is 18.2 Å². The van der Waals surface area contributed by atoms with E-state index in [1.54, 1.807) is 20.4 Å². The number of methoxy groups -OCH3 is 2. The first-order valence-corrected chi connectivity index (χ1v) is 6.89. The van der Waals surface area contributed by atoms with Gasteiger partial charge in [-0.3, -0.25) is 0 Å². The lowest BCUT2D eigenvalue weighted by Gasteiger charge is -2.25. The van der Waals surface area contributed by atoms with Crippen LogP contribution in [0.2, 0.25) is 0 Å². The van der Waals surface area contributed by atoms with Crippen molar-refractivity contribution in [3.8, 4) is 11.8 Å². The zero-order valence-corrected chi connectivity index (χ0v) is 12.1. The van der Waals surface area contributed by atoms with Crippen molar-refractivity contribution in [1.82, 2.24) is 15.3 Å². The molecule has 0 radical (unpaired) electrons. The predicted molar refractivity (Wildman–Crippen MR) is 73.4 cm³/mol. The van der Waals surface area contributed by atoms with Crippen LogP contribution in [0.1, 0.15) is 38.4 Å². The molecule has 1 saturated carbocycles. The molecule has 0 saturated heterocycles. The second-order valence-electron chi connectivity index (χ2n) is 5.04. The highest BCUT2D eigenvalue weighted by Gasteiger charge is 2.35. The summed E-state index contributed by atoms with van der Waals surface area (Å²) < 4.78 is 10.5. The molecule has 0 aliphatic heterocycles. The first kappa shape index (κ1) is 14.1. The SMILES string of the molecule is CCNC(c1ncc(OC)nc1OC)C(C)C1CC1. The maximum Gasteiger partial charge on any atom is 0.240 e. The fourth-order valence-electron chi connectivity index (χ4n) is 2.47. The van der Waals surface area contributed by atoms with E-state index in [0.29, 0.717) is 17.7 Å².